The molecular weight excluding hydrogens is 350 g/mol. The first kappa shape index (κ1) is 21.9. The smallest absolute Gasteiger partial charge is 0.0426 e. The van der Waals surface area contributed by atoms with E-state index in [0.29, 0.717) is 0 Å². The molecule has 3 rings (SSSR count). The molecule has 1 fully saturated rings. The van der Waals surface area contributed by atoms with Gasteiger partial charge in [-0.05, 0) is 57.9 Å². The summed E-state index contributed by atoms with van der Waals surface area (Å²) < 4.78 is 0. The van der Waals surface area contributed by atoms with Crippen molar-refractivity contribution >= 4 is 5.69 Å². The van der Waals surface area contributed by atoms with Crippen molar-refractivity contribution in [2.45, 2.75) is 96.9 Å². The van der Waals surface area contributed by atoms with Crippen molar-refractivity contribution in [2.24, 2.45) is 0 Å². The van der Waals surface area contributed by atoms with Crippen LogP contribution >= 0.6 is 0 Å². The first-order chi connectivity index (χ1) is 13.6. The Morgan fingerprint density at radius 3 is 2.03 bits per heavy atom. The summed E-state index contributed by atoms with van der Waals surface area (Å²) in [6.45, 7) is 15.0. The fourth-order valence-electron chi connectivity index (χ4n) is 4.94. The summed E-state index contributed by atoms with van der Waals surface area (Å²) in [5, 5.41) is 0. The summed E-state index contributed by atoms with van der Waals surface area (Å²) in [7, 11) is 2.24. The molecule has 0 amide bonds. The number of hydrogen-bond acceptors (Lipinski definition) is 1. The molecule has 158 valence electrons. The molecule has 0 unspecified atom stereocenters. The molecule has 0 aromatic heterocycles. The molecular formula is C28H41N. The molecule has 1 aliphatic rings. The number of rotatable bonds is 4. The molecule has 2 aromatic rings. The SMILES string of the molecule is CN(Cc1ccc(C(C)(C)C)c(C2CCCCC2)c1)c1ccccc1C(C)(C)C. The Balaban J connectivity index is 1.92. The van der Waals surface area contributed by atoms with Crippen molar-refractivity contribution in [3.05, 3.63) is 64.7 Å². The summed E-state index contributed by atoms with van der Waals surface area (Å²) >= 11 is 0. The Morgan fingerprint density at radius 2 is 1.41 bits per heavy atom. The summed E-state index contributed by atoms with van der Waals surface area (Å²) in [4.78, 5) is 2.43. The quantitative estimate of drug-likeness (QED) is 0.511. The maximum Gasteiger partial charge on any atom is 0.0426 e. The van der Waals surface area contributed by atoms with E-state index < -0.39 is 0 Å². The van der Waals surface area contributed by atoms with Crippen LogP contribution in [-0.2, 0) is 17.4 Å². The van der Waals surface area contributed by atoms with E-state index in [2.05, 4.69) is 96.0 Å². The van der Waals surface area contributed by atoms with Gasteiger partial charge in [-0.25, -0.2) is 0 Å². The molecule has 1 saturated carbocycles. The van der Waals surface area contributed by atoms with E-state index in [1.807, 2.05) is 0 Å². The van der Waals surface area contributed by atoms with E-state index in [0.717, 1.165) is 12.5 Å². The monoisotopic (exact) mass is 391 g/mol. The van der Waals surface area contributed by atoms with Crippen LogP contribution in [0.4, 0.5) is 5.69 Å². The minimum absolute atomic E-state index is 0.147. The van der Waals surface area contributed by atoms with Gasteiger partial charge in [0.25, 0.3) is 0 Å². The van der Waals surface area contributed by atoms with Crippen molar-refractivity contribution in [3.63, 3.8) is 0 Å². The van der Waals surface area contributed by atoms with Crippen LogP contribution in [0.2, 0.25) is 0 Å². The lowest BCUT2D eigenvalue weighted by Crippen LogP contribution is -2.23. The highest BCUT2D eigenvalue weighted by molar-refractivity contribution is 5.56. The van der Waals surface area contributed by atoms with Gasteiger partial charge in [0.05, 0.1) is 0 Å². The molecule has 29 heavy (non-hydrogen) atoms. The maximum absolute atomic E-state index is 2.53. The molecule has 0 atom stereocenters. The second-order valence-corrected chi connectivity index (χ2v) is 11.1. The first-order valence-corrected chi connectivity index (χ1v) is 11.5. The van der Waals surface area contributed by atoms with Gasteiger partial charge in [0.2, 0.25) is 0 Å². The van der Waals surface area contributed by atoms with Gasteiger partial charge in [-0.3, -0.25) is 0 Å². The van der Waals surface area contributed by atoms with Gasteiger partial charge in [0, 0.05) is 19.3 Å². The lowest BCUT2D eigenvalue weighted by atomic mass is 9.75. The topological polar surface area (TPSA) is 3.24 Å². The number of anilines is 1. The van der Waals surface area contributed by atoms with Gasteiger partial charge in [-0.15, -0.1) is 0 Å². The van der Waals surface area contributed by atoms with Crippen molar-refractivity contribution in [2.75, 3.05) is 11.9 Å². The zero-order valence-electron chi connectivity index (χ0n) is 19.8. The molecule has 0 spiro atoms. The zero-order chi connectivity index (χ0) is 21.2. The lowest BCUT2D eigenvalue weighted by Gasteiger charge is -2.32. The van der Waals surface area contributed by atoms with Crippen molar-refractivity contribution in [3.8, 4) is 0 Å². The highest BCUT2D eigenvalue weighted by atomic mass is 15.1. The van der Waals surface area contributed by atoms with Gasteiger partial charge < -0.3 is 4.90 Å². The Bertz CT molecular complexity index is 813. The number of para-hydroxylation sites is 1. The second-order valence-electron chi connectivity index (χ2n) is 11.1. The van der Waals surface area contributed by atoms with Crippen LogP contribution in [-0.4, -0.2) is 7.05 Å². The van der Waals surface area contributed by atoms with E-state index in [1.54, 1.807) is 11.1 Å². The van der Waals surface area contributed by atoms with E-state index >= 15 is 0 Å². The molecule has 0 heterocycles. The summed E-state index contributed by atoms with van der Waals surface area (Å²) in [5.74, 6) is 0.741. The summed E-state index contributed by atoms with van der Waals surface area (Å²) in [5.41, 5.74) is 7.72. The van der Waals surface area contributed by atoms with Gasteiger partial charge >= 0.3 is 0 Å². The van der Waals surface area contributed by atoms with E-state index in [9.17, 15) is 0 Å². The van der Waals surface area contributed by atoms with Crippen LogP contribution in [0.25, 0.3) is 0 Å². The summed E-state index contributed by atoms with van der Waals surface area (Å²) in [6.07, 6.45) is 6.90. The minimum Gasteiger partial charge on any atom is -0.370 e. The average Bonchev–Trinajstić information content (AvgIpc) is 2.67. The Kier molecular flexibility index (Phi) is 6.46. The third-order valence-corrected chi connectivity index (χ3v) is 6.51. The largest absolute Gasteiger partial charge is 0.370 e. The molecule has 0 radical (unpaired) electrons. The van der Waals surface area contributed by atoms with Crippen LogP contribution in [0.1, 0.15) is 102 Å². The maximum atomic E-state index is 2.53. The molecule has 0 bridgehead atoms. The van der Waals surface area contributed by atoms with Crippen LogP contribution < -0.4 is 4.90 Å². The van der Waals surface area contributed by atoms with E-state index in [1.165, 1.54) is 48.9 Å². The van der Waals surface area contributed by atoms with Gasteiger partial charge in [0.1, 0.15) is 0 Å². The third kappa shape index (κ3) is 5.24. The number of hydrogen-bond donors (Lipinski definition) is 0. The van der Waals surface area contributed by atoms with Gasteiger partial charge in [-0.1, -0.05) is 97.2 Å². The van der Waals surface area contributed by atoms with Gasteiger partial charge in [-0.2, -0.15) is 0 Å². The summed E-state index contributed by atoms with van der Waals surface area (Å²) in [6, 6.07) is 16.2. The lowest BCUT2D eigenvalue weighted by molar-refractivity contribution is 0.434. The molecule has 1 aliphatic carbocycles. The Morgan fingerprint density at radius 1 is 0.793 bits per heavy atom. The Hall–Kier alpha value is -1.76. The van der Waals surface area contributed by atoms with Crippen LogP contribution in [0.15, 0.2) is 42.5 Å². The van der Waals surface area contributed by atoms with Crippen molar-refractivity contribution in [1.29, 1.82) is 0 Å². The molecule has 2 aromatic carbocycles. The van der Waals surface area contributed by atoms with Crippen LogP contribution in [0.3, 0.4) is 0 Å². The highest BCUT2D eigenvalue weighted by Crippen LogP contribution is 2.39. The van der Waals surface area contributed by atoms with E-state index in [4.69, 9.17) is 0 Å². The fraction of sp³-hybridized carbons (Fsp3) is 0.571. The molecule has 1 heteroatoms. The number of benzene rings is 2. The first-order valence-electron chi connectivity index (χ1n) is 11.5. The normalized spacial score (nSPS) is 16.1. The van der Waals surface area contributed by atoms with Crippen molar-refractivity contribution in [1.82, 2.24) is 0 Å². The molecule has 0 N–H and O–H groups in total. The fourth-order valence-corrected chi connectivity index (χ4v) is 4.94. The zero-order valence-corrected chi connectivity index (χ0v) is 19.8. The van der Waals surface area contributed by atoms with E-state index in [-0.39, 0.29) is 10.8 Å². The van der Waals surface area contributed by atoms with Crippen LogP contribution in [0, 0.1) is 0 Å². The molecule has 0 saturated heterocycles. The molecule has 0 aliphatic heterocycles. The number of nitrogens with zero attached hydrogens (tertiary/aromatic N) is 1. The van der Waals surface area contributed by atoms with Gasteiger partial charge in [0.15, 0.2) is 0 Å². The standard InChI is InChI=1S/C28H41N/c1-27(2,3)24-18-17-21(19-23(24)22-13-9-8-10-14-22)20-29(7)26-16-12-11-15-25(26)28(4,5)6/h11-12,15-19,22H,8-10,13-14,20H2,1-7H3. The molecule has 1 nitrogen and oxygen atoms in total. The van der Waals surface area contributed by atoms with Crippen LogP contribution in [0.5, 0.6) is 0 Å². The third-order valence-electron chi connectivity index (χ3n) is 6.51. The Labute approximate surface area is 179 Å². The van der Waals surface area contributed by atoms with Crippen molar-refractivity contribution < 1.29 is 0 Å². The highest BCUT2D eigenvalue weighted by Gasteiger charge is 2.25. The predicted octanol–water partition coefficient (Wildman–Crippen LogP) is 7.97. The second kappa shape index (κ2) is 8.54. The predicted molar refractivity (Wildman–Crippen MR) is 128 cm³/mol. The average molecular weight is 392 g/mol. The minimum atomic E-state index is 0.147.